The van der Waals surface area contributed by atoms with Gasteiger partial charge in [-0.2, -0.15) is 0 Å². The van der Waals surface area contributed by atoms with Crippen LogP contribution in [0.5, 0.6) is 0 Å². The van der Waals surface area contributed by atoms with Crippen LogP contribution in [0.2, 0.25) is 5.02 Å². The van der Waals surface area contributed by atoms with E-state index in [1.54, 1.807) is 12.1 Å². The minimum Gasteiger partial charge on any atom is -0.324 e. The molecule has 1 nitrogen and oxygen atoms in total. The SMILES string of the molecule is N[C@@H](c1c(F)cccc1Cl)C1CCCC1. The number of benzene rings is 1. The molecule has 0 bridgehead atoms. The fraction of sp³-hybridized carbons (Fsp3) is 0.500. The van der Waals surface area contributed by atoms with E-state index in [1.165, 1.54) is 18.9 Å². The van der Waals surface area contributed by atoms with E-state index in [0.717, 1.165) is 12.8 Å². The van der Waals surface area contributed by atoms with E-state index >= 15 is 0 Å². The van der Waals surface area contributed by atoms with Gasteiger partial charge >= 0.3 is 0 Å². The van der Waals surface area contributed by atoms with E-state index < -0.39 is 0 Å². The summed E-state index contributed by atoms with van der Waals surface area (Å²) in [4.78, 5) is 0. The van der Waals surface area contributed by atoms with Crippen molar-refractivity contribution in [2.75, 3.05) is 0 Å². The molecule has 15 heavy (non-hydrogen) atoms. The monoisotopic (exact) mass is 227 g/mol. The zero-order chi connectivity index (χ0) is 10.8. The van der Waals surface area contributed by atoms with Gasteiger partial charge in [0.25, 0.3) is 0 Å². The molecule has 1 aromatic carbocycles. The summed E-state index contributed by atoms with van der Waals surface area (Å²) in [6.07, 6.45) is 4.58. The molecular weight excluding hydrogens is 213 g/mol. The lowest BCUT2D eigenvalue weighted by molar-refractivity contribution is 0.429. The molecule has 0 amide bonds. The Labute approximate surface area is 94.4 Å². The van der Waals surface area contributed by atoms with Gasteiger partial charge in [-0.15, -0.1) is 0 Å². The van der Waals surface area contributed by atoms with Crippen LogP contribution in [0.1, 0.15) is 37.3 Å². The number of nitrogens with two attached hydrogens (primary N) is 1. The van der Waals surface area contributed by atoms with Crippen LogP contribution in [-0.4, -0.2) is 0 Å². The molecule has 1 atom stereocenters. The summed E-state index contributed by atoms with van der Waals surface area (Å²) in [6.45, 7) is 0. The second-order valence-corrected chi connectivity index (χ2v) is 4.61. The van der Waals surface area contributed by atoms with Crippen molar-refractivity contribution in [3.8, 4) is 0 Å². The van der Waals surface area contributed by atoms with Gasteiger partial charge in [-0.25, -0.2) is 4.39 Å². The molecule has 0 heterocycles. The van der Waals surface area contributed by atoms with Gasteiger partial charge in [0.05, 0.1) is 0 Å². The topological polar surface area (TPSA) is 26.0 Å². The third kappa shape index (κ3) is 2.16. The molecular formula is C12H15ClFN. The molecule has 1 aromatic rings. The molecule has 0 radical (unpaired) electrons. The molecule has 1 saturated carbocycles. The minimum atomic E-state index is -0.276. The van der Waals surface area contributed by atoms with E-state index in [-0.39, 0.29) is 11.9 Å². The second kappa shape index (κ2) is 4.50. The number of halogens is 2. The number of hydrogen-bond acceptors (Lipinski definition) is 1. The maximum atomic E-state index is 13.6. The summed E-state index contributed by atoms with van der Waals surface area (Å²) >= 11 is 5.98. The first-order chi connectivity index (χ1) is 7.20. The molecule has 0 saturated heterocycles. The first-order valence-electron chi connectivity index (χ1n) is 5.39. The highest BCUT2D eigenvalue weighted by atomic mass is 35.5. The molecule has 1 aliphatic rings. The van der Waals surface area contributed by atoms with E-state index in [0.29, 0.717) is 16.5 Å². The van der Waals surface area contributed by atoms with Crippen LogP contribution in [0.3, 0.4) is 0 Å². The highest BCUT2D eigenvalue weighted by Gasteiger charge is 2.26. The molecule has 0 unspecified atom stereocenters. The Balaban J connectivity index is 2.27. The third-order valence-corrected chi connectivity index (χ3v) is 3.57. The van der Waals surface area contributed by atoms with E-state index in [1.807, 2.05) is 0 Å². The normalized spacial score (nSPS) is 19.4. The Bertz CT molecular complexity index is 327. The summed E-state index contributed by atoms with van der Waals surface area (Å²) in [5.74, 6) is 0.112. The Hall–Kier alpha value is -0.600. The zero-order valence-corrected chi connectivity index (χ0v) is 9.30. The van der Waals surface area contributed by atoms with Crippen molar-refractivity contribution >= 4 is 11.6 Å². The molecule has 1 fully saturated rings. The van der Waals surface area contributed by atoms with Crippen LogP contribution in [0.15, 0.2) is 18.2 Å². The lowest BCUT2D eigenvalue weighted by atomic mass is 9.92. The quantitative estimate of drug-likeness (QED) is 0.820. The van der Waals surface area contributed by atoms with Gasteiger partial charge in [-0.05, 0) is 30.9 Å². The van der Waals surface area contributed by atoms with Gasteiger partial charge in [0, 0.05) is 16.6 Å². The van der Waals surface area contributed by atoms with Gasteiger partial charge < -0.3 is 5.73 Å². The van der Waals surface area contributed by atoms with Gasteiger partial charge in [0.15, 0.2) is 0 Å². The Morgan fingerprint density at radius 2 is 2.00 bits per heavy atom. The first-order valence-corrected chi connectivity index (χ1v) is 5.77. The third-order valence-electron chi connectivity index (χ3n) is 3.24. The molecule has 82 valence electrons. The fourth-order valence-corrected chi connectivity index (χ4v) is 2.67. The Kier molecular flexibility index (Phi) is 3.27. The van der Waals surface area contributed by atoms with Crippen molar-refractivity contribution in [1.82, 2.24) is 0 Å². The maximum absolute atomic E-state index is 13.6. The van der Waals surface area contributed by atoms with E-state index in [4.69, 9.17) is 17.3 Å². The highest BCUT2D eigenvalue weighted by Crippen LogP contribution is 2.37. The lowest BCUT2D eigenvalue weighted by Gasteiger charge is -2.20. The lowest BCUT2D eigenvalue weighted by Crippen LogP contribution is -2.20. The zero-order valence-electron chi connectivity index (χ0n) is 8.55. The molecule has 0 aromatic heterocycles. The number of hydrogen-bond donors (Lipinski definition) is 1. The molecule has 3 heteroatoms. The summed E-state index contributed by atoms with van der Waals surface area (Å²) in [7, 11) is 0. The first kappa shape index (κ1) is 10.9. The van der Waals surface area contributed by atoms with Gasteiger partial charge in [0.1, 0.15) is 5.82 Å². The van der Waals surface area contributed by atoms with Crippen LogP contribution < -0.4 is 5.73 Å². The molecule has 2 N–H and O–H groups in total. The maximum Gasteiger partial charge on any atom is 0.129 e. The predicted octanol–water partition coefficient (Wildman–Crippen LogP) is 3.67. The Morgan fingerprint density at radius 1 is 1.33 bits per heavy atom. The van der Waals surface area contributed by atoms with E-state index in [9.17, 15) is 4.39 Å². The highest BCUT2D eigenvalue weighted by molar-refractivity contribution is 6.31. The minimum absolute atomic E-state index is 0.249. The molecule has 1 aliphatic carbocycles. The van der Waals surface area contributed by atoms with Crippen LogP contribution in [0, 0.1) is 11.7 Å². The van der Waals surface area contributed by atoms with Crippen molar-refractivity contribution in [2.24, 2.45) is 11.7 Å². The van der Waals surface area contributed by atoms with Crippen LogP contribution >= 0.6 is 11.6 Å². The summed E-state index contributed by atoms with van der Waals surface area (Å²) in [5.41, 5.74) is 6.57. The van der Waals surface area contributed by atoms with Crippen LogP contribution in [-0.2, 0) is 0 Å². The predicted molar refractivity (Wildman–Crippen MR) is 60.3 cm³/mol. The standard InChI is InChI=1S/C12H15ClFN/c13-9-6-3-7-10(14)11(9)12(15)8-4-1-2-5-8/h3,6-8,12H,1-2,4-5,15H2/t12-/m1/s1. The average Bonchev–Trinajstić information content (AvgIpc) is 2.69. The van der Waals surface area contributed by atoms with E-state index in [2.05, 4.69) is 0 Å². The molecule has 0 spiro atoms. The van der Waals surface area contributed by atoms with Crippen molar-refractivity contribution in [3.63, 3.8) is 0 Å². The van der Waals surface area contributed by atoms with Crippen molar-refractivity contribution < 1.29 is 4.39 Å². The van der Waals surface area contributed by atoms with Crippen molar-refractivity contribution in [2.45, 2.75) is 31.7 Å². The second-order valence-electron chi connectivity index (χ2n) is 4.21. The molecule has 2 rings (SSSR count). The van der Waals surface area contributed by atoms with Gasteiger partial charge in [0.2, 0.25) is 0 Å². The smallest absolute Gasteiger partial charge is 0.129 e. The summed E-state index contributed by atoms with van der Waals surface area (Å²) < 4.78 is 13.6. The van der Waals surface area contributed by atoms with Crippen LogP contribution in [0.25, 0.3) is 0 Å². The average molecular weight is 228 g/mol. The molecule has 0 aliphatic heterocycles. The summed E-state index contributed by atoms with van der Waals surface area (Å²) in [5, 5.41) is 0.453. The van der Waals surface area contributed by atoms with Crippen molar-refractivity contribution in [1.29, 1.82) is 0 Å². The Morgan fingerprint density at radius 3 is 2.60 bits per heavy atom. The number of rotatable bonds is 2. The van der Waals surface area contributed by atoms with Crippen molar-refractivity contribution in [3.05, 3.63) is 34.6 Å². The fourth-order valence-electron chi connectivity index (χ4n) is 2.38. The van der Waals surface area contributed by atoms with Crippen LogP contribution in [0.4, 0.5) is 4.39 Å². The van der Waals surface area contributed by atoms with Gasteiger partial charge in [-0.3, -0.25) is 0 Å². The van der Waals surface area contributed by atoms with Gasteiger partial charge in [-0.1, -0.05) is 30.5 Å². The summed E-state index contributed by atoms with van der Waals surface area (Å²) in [6, 6.07) is 4.49. The largest absolute Gasteiger partial charge is 0.324 e.